The molecule has 0 aliphatic rings. The molecule has 6 heteroatoms. The molecule has 0 radical (unpaired) electrons. The number of aromatic hydroxyl groups is 1. The van der Waals surface area contributed by atoms with Gasteiger partial charge in [0.15, 0.2) is 0 Å². The molecule has 3 aromatic carbocycles. The molecule has 0 aliphatic heterocycles. The maximum absolute atomic E-state index is 12.4. The SMILES string of the molecule is Cc1ccc(Oc2ccc(NC(=O)c3cc(I)cc(I)c3O)cc2)cc1. The summed E-state index contributed by atoms with van der Waals surface area (Å²) in [5.41, 5.74) is 2.05. The lowest BCUT2D eigenvalue weighted by molar-refractivity contribution is 0.102. The van der Waals surface area contributed by atoms with E-state index in [0.717, 1.165) is 9.32 Å². The van der Waals surface area contributed by atoms with Crippen LogP contribution in [-0.4, -0.2) is 11.0 Å². The Morgan fingerprint density at radius 1 is 0.962 bits per heavy atom. The summed E-state index contributed by atoms with van der Waals surface area (Å²) >= 11 is 4.12. The van der Waals surface area contributed by atoms with Crippen molar-refractivity contribution in [2.24, 2.45) is 0 Å². The quantitative estimate of drug-likeness (QED) is 0.381. The van der Waals surface area contributed by atoms with Crippen molar-refractivity contribution < 1.29 is 14.6 Å². The number of ether oxygens (including phenoxy) is 1. The minimum atomic E-state index is -0.355. The van der Waals surface area contributed by atoms with Crippen LogP contribution in [0.4, 0.5) is 5.69 Å². The summed E-state index contributed by atoms with van der Waals surface area (Å²) in [4.78, 5) is 12.4. The molecule has 132 valence electrons. The van der Waals surface area contributed by atoms with E-state index in [9.17, 15) is 9.90 Å². The Bertz CT molecular complexity index is 939. The third kappa shape index (κ3) is 4.67. The van der Waals surface area contributed by atoms with Gasteiger partial charge in [-0.05, 0) is 101 Å². The van der Waals surface area contributed by atoms with Crippen LogP contribution in [0.25, 0.3) is 0 Å². The molecule has 3 aromatic rings. The van der Waals surface area contributed by atoms with E-state index in [1.807, 2.05) is 59.8 Å². The normalized spacial score (nSPS) is 10.4. The molecule has 4 nitrogen and oxygen atoms in total. The van der Waals surface area contributed by atoms with Crippen molar-refractivity contribution in [1.29, 1.82) is 0 Å². The Morgan fingerprint density at radius 3 is 2.15 bits per heavy atom. The molecule has 0 unspecified atom stereocenters. The largest absolute Gasteiger partial charge is 0.506 e. The van der Waals surface area contributed by atoms with Crippen molar-refractivity contribution in [3.05, 3.63) is 78.9 Å². The zero-order valence-electron chi connectivity index (χ0n) is 13.8. The van der Waals surface area contributed by atoms with Crippen LogP contribution in [0.15, 0.2) is 60.7 Å². The maximum atomic E-state index is 12.4. The Labute approximate surface area is 178 Å². The highest BCUT2D eigenvalue weighted by Gasteiger charge is 2.15. The fourth-order valence-electron chi connectivity index (χ4n) is 2.29. The first kappa shape index (κ1) is 19.0. The number of aryl methyl sites for hydroxylation is 1. The third-order valence-corrected chi connectivity index (χ3v) is 5.09. The standard InChI is InChI=1S/C20H15I2NO3/c1-12-2-6-15(7-3-12)26-16-8-4-14(5-9-16)23-20(25)17-10-13(21)11-18(22)19(17)24/h2-11,24H,1H3,(H,23,25). The maximum Gasteiger partial charge on any atom is 0.259 e. The second-order valence-corrected chi connectivity index (χ2v) is 8.09. The Balaban J connectivity index is 1.71. The number of hydrogen-bond acceptors (Lipinski definition) is 3. The molecule has 0 bridgehead atoms. The number of nitrogens with one attached hydrogen (secondary N) is 1. The van der Waals surface area contributed by atoms with E-state index in [2.05, 4.69) is 27.9 Å². The highest BCUT2D eigenvalue weighted by Crippen LogP contribution is 2.28. The summed E-state index contributed by atoms with van der Waals surface area (Å²) in [5.74, 6) is 1.07. The average Bonchev–Trinajstić information content (AvgIpc) is 2.61. The van der Waals surface area contributed by atoms with Gasteiger partial charge in [-0.15, -0.1) is 0 Å². The summed E-state index contributed by atoms with van der Waals surface area (Å²) in [7, 11) is 0. The van der Waals surface area contributed by atoms with Crippen LogP contribution < -0.4 is 10.1 Å². The van der Waals surface area contributed by atoms with Gasteiger partial charge in [-0.3, -0.25) is 4.79 Å². The van der Waals surface area contributed by atoms with Crippen LogP contribution in [0.3, 0.4) is 0 Å². The smallest absolute Gasteiger partial charge is 0.259 e. The van der Waals surface area contributed by atoms with E-state index in [4.69, 9.17) is 4.74 Å². The second-order valence-electron chi connectivity index (χ2n) is 5.68. The van der Waals surface area contributed by atoms with Crippen LogP contribution in [-0.2, 0) is 0 Å². The molecule has 0 saturated heterocycles. The molecule has 0 fully saturated rings. The van der Waals surface area contributed by atoms with E-state index in [1.165, 1.54) is 5.56 Å². The summed E-state index contributed by atoms with van der Waals surface area (Å²) in [6.45, 7) is 2.02. The highest BCUT2D eigenvalue weighted by molar-refractivity contribution is 14.1. The lowest BCUT2D eigenvalue weighted by Gasteiger charge is -2.10. The second kappa shape index (κ2) is 8.26. The van der Waals surface area contributed by atoms with Crippen LogP contribution in [0.2, 0.25) is 0 Å². The molecule has 0 aromatic heterocycles. The number of carbonyl (C=O) groups is 1. The number of hydrogen-bond donors (Lipinski definition) is 2. The lowest BCUT2D eigenvalue weighted by Crippen LogP contribution is -2.12. The number of amides is 1. The third-order valence-electron chi connectivity index (χ3n) is 3.64. The molecular weight excluding hydrogens is 556 g/mol. The van der Waals surface area contributed by atoms with Gasteiger partial charge in [-0.25, -0.2) is 0 Å². The molecule has 0 aliphatic carbocycles. The van der Waals surface area contributed by atoms with E-state index in [0.29, 0.717) is 15.0 Å². The Hall–Kier alpha value is -1.81. The van der Waals surface area contributed by atoms with Crippen LogP contribution in [0.1, 0.15) is 15.9 Å². The van der Waals surface area contributed by atoms with Gasteiger partial charge in [0.1, 0.15) is 17.2 Å². The van der Waals surface area contributed by atoms with Crippen LogP contribution >= 0.6 is 45.2 Å². The van der Waals surface area contributed by atoms with Crippen molar-refractivity contribution in [1.82, 2.24) is 0 Å². The van der Waals surface area contributed by atoms with Gasteiger partial charge < -0.3 is 15.2 Å². The van der Waals surface area contributed by atoms with Gasteiger partial charge in [0.05, 0.1) is 9.13 Å². The molecule has 0 heterocycles. The number of anilines is 1. The molecule has 1 amide bonds. The first-order chi connectivity index (χ1) is 12.4. The van der Waals surface area contributed by atoms with Crippen molar-refractivity contribution in [2.75, 3.05) is 5.32 Å². The van der Waals surface area contributed by atoms with Gasteiger partial charge >= 0.3 is 0 Å². The number of halogens is 2. The van der Waals surface area contributed by atoms with E-state index < -0.39 is 0 Å². The fraction of sp³-hybridized carbons (Fsp3) is 0.0500. The van der Waals surface area contributed by atoms with Gasteiger partial charge in [0.25, 0.3) is 5.91 Å². The molecular formula is C20H15I2NO3. The first-order valence-corrected chi connectivity index (χ1v) is 9.92. The summed E-state index contributed by atoms with van der Waals surface area (Å²) < 4.78 is 7.30. The molecule has 0 saturated carbocycles. The topological polar surface area (TPSA) is 58.6 Å². The van der Waals surface area contributed by atoms with Crippen molar-refractivity contribution in [2.45, 2.75) is 6.92 Å². The number of carbonyl (C=O) groups excluding carboxylic acids is 1. The van der Waals surface area contributed by atoms with Gasteiger partial charge in [0, 0.05) is 9.26 Å². The summed E-state index contributed by atoms with van der Waals surface area (Å²) in [6, 6.07) is 18.3. The van der Waals surface area contributed by atoms with Crippen LogP contribution in [0, 0.1) is 14.1 Å². The number of rotatable bonds is 4. The first-order valence-electron chi connectivity index (χ1n) is 7.76. The van der Waals surface area contributed by atoms with Crippen molar-refractivity contribution in [3.8, 4) is 17.2 Å². The zero-order valence-corrected chi connectivity index (χ0v) is 18.1. The fourth-order valence-corrected chi connectivity index (χ4v) is 4.13. The van der Waals surface area contributed by atoms with Gasteiger partial charge in [0.2, 0.25) is 0 Å². The number of benzene rings is 3. The van der Waals surface area contributed by atoms with Crippen molar-refractivity contribution >= 4 is 56.8 Å². The van der Waals surface area contributed by atoms with E-state index in [-0.39, 0.29) is 17.2 Å². The van der Waals surface area contributed by atoms with Gasteiger partial charge in [-0.1, -0.05) is 17.7 Å². The van der Waals surface area contributed by atoms with E-state index in [1.54, 1.807) is 30.3 Å². The minimum Gasteiger partial charge on any atom is -0.506 e. The minimum absolute atomic E-state index is 0.0113. The Kier molecular flexibility index (Phi) is 6.02. The summed E-state index contributed by atoms with van der Waals surface area (Å²) in [5, 5.41) is 12.9. The van der Waals surface area contributed by atoms with Gasteiger partial charge in [-0.2, -0.15) is 0 Å². The molecule has 0 spiro atoms. The monoisotopic (exact) mass is 571 g/mol. The average molecular weight is 571 g/mol. The predicted molar refractivity (Wildman–Crippen MR) is 119 cm³/mol. The lowest BCUT2D eigenvalue weighted by atomic mass is 10.2. The molecule has 26 heavy (non-hydrogen) atoms. The predicted octanol–water partition coefficient (Wildman–Crippen LogP) is 5.95. The molecule has 2 N–H and O–H groups in total. The summed E-state index contributed by atoms with van der Waals surface area (Å²) in [6.07, 6.45) is 0. The number of phenols is 1. The molecule has 0 atom stereocenters. The number of phenolic OH excluding ortho intramolecular Hbond substituents is 1. The molecule has 3 rings (SSSR count). The highest BCUT2D eigenvalue weighted by atomic mass is 127. The van der Waals surface area contributed by atoms with E-state index >= 15 is 0 Å². The Morgan fingerprint density at radius 2 is 1.54 bits per heavy atom. The zero-order chi connectivity index (χ0) is 18.7. The van der Waals surface area contributed by atoms with Crippen LogP contribution in [0.5, 0.6) is 17.2 Å². The van der Waals surface area contributed by atoms with Crippen molar-refractivity contribution in [3.63, 3.8) is 0 Å².